The standard InChI is InChI=1S/C12H16N2O3/c1-2-14-8-9(7-13-14)12(11(16)17)5-3-10(15)4-6-12/h7-8H,2-6H2,1H3,(H,16,17). The maximum Gasteiger partial charge on any atom is 0.314 e. The first-order valence-corrected chi connectivity index (χ1v) is 5.86. The Morgan fingerprint density at radius 3 is 2.65 bits per heavy atom. The number of aromatic nitrogens is 2. The van der Waals surface area contributed by atoms with Crippen LogP contribution in [-0.4, -0.2) is 26.6 Å². The molecule has 1 aromatic heterocycles. The van der Waals surface area contributed by atoms with Crippen LogP contribution in [0.4, 0.5) is 0 Å². The van der Waals surface area contributed by atoms with E-state index in [1.165, 1.54) is 0 Å². The molecular weight excluding hydrogens is 220 g/mol. The van der Waals surface area contributed by atoms with Crippen LogP contribution in [0.2, 0.25) is 0 Å². The van der Waals surface area contributed by atoms with Crippen LogP contribution in [0, 0.1) is 0 Å². The lowest BCUT2D eigenvalue weighted by Gasteiger charge is -2.31. The van der Waals surface area contributed by atoms with Crippen LogP contribution in [0.1, 0.15) is 38.2 Å². The van der Waals surface area contributed by atoms with Crippen molar-refractivity contribution in [2.24, 2.45) is 0 Å². The fourth-order valence-corrected chi connectivity index (χ4v) is 2.37. The van der Waals surface area contributed by atoms with Gasteiger partial charge in [0.2, 0.25) is 0 Å². The quantitative estimate of drug-likeness (QED) is 0.860. The van der Waals surface area contributed by atoms with E-state index in [0.717, 1.165) is 5.56 Å². The minimum Gasteiger partial charge on any atom is -0.481 e. The minimum atomic E-state index is -0.915. The number of aryl methyl sites for hydroxylation is 1. The molecule has 0 saturated heterocycles. The van der Waals surface area contributed by atoms with Crippen molar-refractivity contribution in [2.75, 3.05) is 0 Å². The van der Waals surface area contributed by atoms with Crippen LogP contribution in [0.5, 0.6) is 0 Å². The Hall–Kier alpha value is -1.65. The lowest BCUT2D eigenvalue weighted by molar-refractivity contribution is -0.146. The highest BCUT2D eigenvalue weighted by molar-refractivity contribution is 5.87. The van der Waals surface area contributed by atoms with Gasteiger partial charge in [-0.25, -0.2) is 0 Å². The zero-order valence-electron chi connectivity index (χ0n) is 9.85. The Morgan fingerprint density at radius 2 is 2.18 bits per heavy atom. The van der Waals surface area contributed by atoms with E-state index < -0.39 is 11.4 Å². The van der Waals surface area contributed by atoms with Crippen molar-refractivity contribution in [3.63, 3.8) is 0 Å². The van der Waals surface area contributed by atoms with Gasteiger partial charge in [-0.2, -0.15) is 5.10 Å². The first-order chi connectivity index (χ1) is 8.08. The van der Waals surface area contributed by atoms with E-state index in [1.807, 2.05) is 6.92 Å². The van der Waals surface area contributed by atoms with Crippen LogP contribution < -0.4 is 0 Å². The number of carbonyl (C=O) groups excluding carboxylic acids is 1. The summed E-state index contributed by atoms with van der Waals surface area (Å²) in [5, 5.41) is 13.6. The van der Waals surface area contributed by atoms with Crippen molar-refractivity contribution >= 4 is 11.8 Å². The number of hydrogen-bond acceptors (Lipinski definition) is 3. The van der Waals surface area contributed by atoms with E-state index >= 15 is 0 Å². The number of Topliss-reactive ketones (excluding diaryl/α,β-unsaturated/α-hetero) is 1. The van der Waals surface area contributed by atoms with Crippen molar-refractivity contribution in [3.8, 4) is 0 Å². The molecule has 0 bridgehead atoms. The van der Waals surface area contributed by atoms with Gasteiger partial charge in [-0.3, -0.25) is 14.3 Å². The molecule has 0 aromatic carbocycles. The second kappa shape index (κ2) is 4.31. The number of ketones is 1. The van der Waals surface area contributed by atoms with Crippen molar-refractivity contribution in [1.29, 1.82) is 0 Å². The van der Waals surface area contributed by atoms with Gasteiger partial charge in [-0.05, 0) is 19.8 Å². The van der Waals surface area contributed by atoms with Crippen molar-refractivity contribution < 1.29 is 14.7 Å². The molecular formula is C12H16N2O3. The predicted octanol–water partition coefficient (Wildman–Crippen LogP) is 1.37. The molecule has 0 atom stereocenters. The van der Waals surface area contributed by atoms with Crippen LogP contribution in [0.25, 0.3) is 0 Å². The molecule has 5 heteroatoms. The van der Waals surface area contributed by atoms with Gasteiger partial charge in [0.25, 0.3) is 0 Å². The molecule has 1 fully saturated rings. The fourth-order valence-electron chi connectivity index (χ4n) is 2.37. The number of rotatable bonds is 3. The number of aliphatic carboxylic acids is 1. The van der Waals surface area contributed by atoms with E-state index in [-0.39, 0.29) is 5.78 Å². The maximum atomic E-state index is 11.5. The average Bonchev–Trinajstić information content (AvgIpc) is 2.79. The molecule has 1 aromatic rings. The molecule has 1 aliphatic rings. The summed E-state index contributed by atoms with van der Waals surface area (Å²) in [6.07, 6.45) is 4.87. The summed E-state index contributed by atoms with van der Waals surface area (Å²) in [6.45, 7) is 2.67. The SMILES string of the molecule is CCn1cc(C2(C(=O)O)CCC(=O)CC2)cn1. The molecule has 0 radical (unpaired) electrons. The molecule has 92 valence electrons. The molecule has 17 heavy (non-hydrogen) atoms. The smallest absolute Gasteiger partial charge is 0.314 e. The first-order valence-electron chi connectivity index (χ1n) is 5.86. The number of carbonyl (C=O) groups is 2. The second-order valence-corrected chi connectivity index (χ2v) is 4.51. The number of nitrogens with zero attached hydrogens (tertiary/aromatic N) is 2. The van der Waals surface area contributed by atoms with E-state index in [2.05, 4.69) is 5.10 Å². The van der Waals surface area contributed by atoms with Gasteiger partial charge < -0.3 is 5.11 Å². The molecule has 0 amide bonds. The van der Waals surface area contributed by atoms with E-state index in [4.69, 9.17) is 0 Å². The Bertz CT molecular complexity index is 440. The summed E-state index contributed by atoms with van der Waals surface area (Å²) in [5.74, 6) is -0.689. The lowest BCUT2D eigenvalue weighted by atomic mass is 9.70. The summed E-state index contributed by atoms with van der Waals surface area (Å²) in [7, 11) is 0. The lowest BCUT2D eigenvalue weighted by Crippen LogP contribution is -2.39. The first kappa shape index (κ1) is 11.8. The maximum absolute atomic E-state index is 11.5. The average molecular weight is 236 g/mol. The normalized spacial score (nSPS) is 19.2. The zero-order chi connectivity index (χ0) is 12.5. The van der Waals surface area contributed by atoms with Crippen LogP contribution in [-0.2, 0) is 21.5 Å². The topological polar surface area (TPSA) is 72.2 Å². The second-order valence-electron chi connectivity index (χ2n) is 4.51. The van der Waals surface area contributed by atoms with E-state index in [1.54, 1.807) is 17.1 Å². The van der Waals surface area contributed by atoms with Gasteiger partial charge in [-0.1, -0.05) is 0 Å². The van der Waals surface area contributed by atoms with Crippen LogP contribution in [0.15, 0.2) is 12.4 Å². The number of hydrogen-bond donors (Lipinski definition) is 1. The predicted molar refractivity (Wildman–Crippen MR) is 60.7 cm³/mol. The molecule has 0 aliphatic heterocycles. The molecule has 1 aliphatic carbocycles. The third kappa shape index (κ3) is 1.97. The number of carboxylic acids is 1. The minimum absolute atomic E-state index is 0.157. The Balaban J connectivity index is 2.34. The highest BCUT2D eigenvalue weighted by atomic mass is 16.4. The van der Waals surface area contributed by atoms with Gasteiger partial charge in [0.15, 0.2) is 0 Å². The van der Waals surface area contributed by atoms with Crippen molar-refractivity contribution in [1.82, 2.24) is 9.78 Å². The van der Waals surface area contributed by atoms with Gasteiger partial charge in [0, 0.05) is 31.1 Å². The largest absolute Gasteiger partial charge is 0.481 e. The van der Waals surface area contributed by atoms with Gasteiger partial charge in [-0.15, -0.1) is 0 Å². The Kier molecular flexibility index (Phi) is 3.00. The van der Waals surface area contributed by atoms with E-state index in [0.29, 0.717) is 32.2 Å². The molecule has 0 spiro atoms. The fraction of sp³-hybridized carbons (Fsp3) is 0.583. The molecule has 0 unspecified atom stereocenters. The molecule has 1 heterocycles. The molecule has 1 saturated carbocycles. The monoisotopic (exact) mass is 236 g/mol. The van der Waals surface area contributed by atoms with Crippen LogP contribution in [0.3, 0.4) is 0 Å². The summed E-state index contributed by atoms with van der Waals surface area (Å²) < 4.78 is 1.72. The third-order valence-corrected chi connectivity index (χ3v) is 3.58. The number of carboxylic acid groups (broad SMARTS) is 1. The summed E-state index contributed by atoms with van der Waals surface area (Å²) in [6, 6.07) is 0. The zero-order valence-corrected chi connectivity index (χ0v) is 9.85. The Morgan fingerprint density at radius 1 is 1.53 bits per heavy atom. The van der Waals surface area contributed by atoms with Gasteiger partial charge >= 0.3 is 5.97 Å². The van der Waals surface area contributed by atoms with E-state index in [9.17, 15) is 14.7 Å². The third-order valence-electron chi connectivity index (χ3n) is 3.58. The highest BCUT2D eigenvalue weighted by Gasteiger charge is 2.44. The Labute approximate surface area is 99.4 Å². The molecule has 5 nitrogen and oxygen atoms in total. The molecule has 1 N–H and O–H groups in total. The summed E-state index contributed by atoms with van der Waals surface area (Å²) in [5.41, 5.74) is -0.194. The van der Waals surface area contributed by atoms with Gasteiger partial charge in [0.1, 0.15) is 5.78 Å². The molecule has 2 rings (SSSR count). The van der Waals surface area contributed by atoms with Crippen molar-refractivity contribution in [3.05, 3.63) is 18.0 Å². The van der Waals surface area contributed by atoms with Crippen LogP contribution >= 0.6 is 0 Å². The highest BCUT2D eigenvalue weighted by Crippen LogP contribution is 2.38. The summed E-state index contributed by atoms with van der Waals surface area (Å²) >= 11 is 0. The van der Waals surface area contributed by atoms with Crippen molar-refractivity contribution in [2.45, 2.75) is 44.6 Å². The van der Waals surface area contributed by atoms with Gasteiger partial charge in [0.05, 0.1) is 11.6 Å². The summed E-state index contributed by atoms with van der Waals surface area (Å²) in [4.78, 5) is 22.8.